The van der Waals surface area contributed by atoms with Crippen LogP contribution in [0, 0.1) is 18.3 Å². The molecule has 1 aromatic heterocycles. The molecule has 0 bridgehead atoms. The number of aryl methyl sites for hydroxylation is 1. The molecule has 1 fully saturated rings. The lowest BCUT2D eigenvalue weighted by atomic mass is 10.2. The van der Waals surface area contributed by atoms with Crippen LogP contribution in [0.5, 0.6) is 0 Å². The molecule has 2 heterocycles. The summed E-state index contributed by atoms with van der Waals surface area (Å²) in [5.41, 5.74) is 7.38. The van der Waals surface area contributed by atoms with Crippen LogP contribution in [0.25, 0.3) is 0 Å². The zero-order chi connectivity index (χ0) is 15.5. The molecule has 6 nitrogen and oxygen atoms in total. The van der Waals surface area contributed by atoms with E-state index in [4.69, 9.17) is 20.5 Å². The molecule has 0 saturated carbocycles. The Morgan fingerprint density at radius 2 is 2.38 bits per heavy atom. The molecule has 1 aliphatic rings. The maximum Gasteiger partial charge on any atom is 0.163 e. The van der Waals surface area contributed by atoms with E-state index in [0.29, 0.717) is 23.6 Å². The molecule has 0 amide bonds. The summed E-state index contributed by atoms with van der Waals surface area (Å²) in [7, 11) is 0. The monoisotopic (exact) mass is 288 g/mol. The predicted octanol–water partition coefficient (Wildman–Crippen LogP) is 2.48. The lowest BCUT2D eigenvalue weighted by Gasteiger charge is -2.16. The molecule has 0 aliphatic carbocycles. The number of anilines is 1. The van der Waals surface area contributed by atoms with Crippen molar-refractivity contribution >= 4 is 17.7 Å². The first-order chi connectivity index (χ1) is 9.91. The van der Waals surface area contributed by atoms with Crippen molar-refractivity contribution in [1.29, 1.82) is 5.26 Å². The van der Waals surface area contributed by atoms with E-state index in [0.717, 1.165) is 12.8 Å². The number of nitrogens with zero attached hydrogens (tertiary/aromatic N) is 3. The quantitative estimate of drug-likeness (QED) is 0.859. The summed E-state index contributed by atoms with van der Waals surface area (Å²) in [5.74, 6) is -0.242. The summed E-state index contributed by atoms with van der Waals surface area (Å²) in [4.78, 5) is 8.48. The number of nitriles is 1. The van der Waals surface area contributed by atoms with Gasteiger partial charge in [-0.25, -0.2) is 4.98 Å². The van der Waals surface area contributed by atoms with Crippen molar-refractivity contribution < 1.29 is 9.47 Å². The average molecular weight is 288 g/mol. The Morgan fingerprint density at radius 1 is 1.62 bits per heavy atom. The van der Waals surface area contributed by atoms with Gasteiger partial charge in [-0.2, -0.15) is 5.26 Å². The van der Waals surface area contributed by atoms with E-state index in [9.17, 15) is 0 Å². The van der Waals surface area contributed by atoms with Crippen molar-refractivity contribution in [2.45, 2.75) is 45.5 Å². The molecular formula is C15H20N4O2. The van der Waals surface area contributed by atoms with Crippen LogP contribution in [-0.4, -0.2) is 29.7 Å². The molecular weight excluding hydrogens is 268 g/mol. The van der Waals surface area contributed by atoms with Gasteiger partial charge in [0.15, 0.2) is 5.79 Å². The Labute approximate surface area is 124 Å². The number of aliphatic imine (C=N–C) groups is 1. The minimum atomic E-state index is -0.485. The van der Waals surface area contributed by atoms with Gasteiger partial charge in [-0.15, -0.1) is 0 Å². The molecule has 0 spiro atoms. The number of aromatic nitrogens is 1. The average Bonchev–Trinajstić information content (AvgIpc) is 2.76. The van der Waals surface area contributed by atoms with Gasteiger partial charge in [0.2, 0.25) is 0 Å². The fraction of sp³-hybridized carbons (Fsp3) is 0.533. The van der Waals surface area contributed by atoms with Crippen molar-refractivity contribution in [2.75, 3.05) is 12.3 Å². The Kier molecular flexibility index (Phi) is 4.56. The zero-order valence-corrected chi connectivity index (χ0v) is 12.6. The van der Waals surface area contributed by atoms with E-state index < -0.39 is 5.79 Å². The van der Waals surface area contributed by atoms with Crippen LogP contribution < -0.4 is 5.73 Å². The van der Waals surface area contributed by atoms with Gasteiger partial charge in [-0.05, 0) is 39.7 Å². The highest BCUT2D eigenvalue weighted by atomic mass is 16.7. The molecule has 21 heavy (non-hydrogen) atoms. The van der Waals surface area contributed by atoms with E-state index in [1.54, 1.807) is 6.07 Å². The smallest absolute Gasteiger partial charge is 0.163 e. The predicted molar refractivity (Wildman–Crippen MR) is 80.4 cm³/mol. The van der Waals surface area contributed by atoms with E-state index in [1.807, 2.05) is 33.1 Å². The third kappa shape index (κ3) is 4.00. The molecule has 0 unspecified atom stereocenters. The molecule has 0 radical (unpaired) electrons. The summed E-state index contributed by atoms with van der Waals surface area (Å²) in [6.45, 7) is 6.25. The van der Waals surface area contributed by atoms with Gasteiger partial charge in [-0.3, -0.25) is 4.99 Å². The topological polar surface area (TPSA) is 93.5 Å². The van der Waals surface area contributed by atoms with Crippen LogP contribution in [0.1, 0.15) is 37.9 Å². The molecule has 112 valence electrons. The Bertz CT molecular complexity index is 590. The summed E-state index contributed by atoms with van der Waals surface area (Å²) < 4.78 is 11.2. The zero-order valence-electron chi connectivity index (χ0n) is 12.6. The lowest BCUT2D eigenvalue weighted by molar-refractivity contribution is -0.138. The van der Waals surface area contributed by atoms with Crippen molar-refractivity contribution in [3.8, 4) is 6.07 Å². The number of ether oxygens (including phenoxy) is 2. The minimum absolute atomic E-state index is 0.103. The Morgan fingerprint density at radius 3 is 3.00 bits per heavy atom. The second kappa shape index (κ2) is 6.20. The molecule has 1 saturated heterocycles. The Balaban J connectivity index is 1.92. The molecule has 2 rings (SSSR count). The van der Waals surface area contributed by atoms with E-state index >= 15 is 0 Å². The maximum atomic E-state index is 8.95. The molecule has 6 heteroatoms. The van der Waals surface area contributed by atoms with Crippen LogP contribution in [0.3, 0.4) is 0 Å². The van der Waals surface area contributed by atoms with Crippen LogP contribution in [0.2, 0.25) is 0 Å². The number of hydrogen-bond acceptors (Lipinski definition) is 6. The molecule has 2 N–H and O–H groups in total. The summed E-state index contributed by atoms with van der Waals surface area (Å²) in [6.07, 6.45) is 3.54. The molecule has 1 aliphatic heterocycles. The van der Waals surface area contributed by atoms with Gasteiger partial charge in [0.1, 0.15) is 11.9 Å². The second-order valence-corrected chi connectivity index (χ2v) is 5.48. The van der Waals surface area contributed by atoms with Gasteiger partial charge in [0.25, 0.3) is 0 Å². The number of nitrogens with two attached hydrogens (primary N) is 1. The largest absolute Gasteiger partial charge is 0.383 e. The van der Waals surface area contributed by atoms with Gasteiger partial charge in [-0.1, -0.05) is 0 Å². The normalized spacial score (nSPS) is 20.8. The first kappa shape index (κ1) is 15.4. The first-order valence-electron chi connectivity index (χ1n) is 6.93. The van der Waals surface area contributed by atoms with E-state index in [2.05, 4.69) is 9.98 Å². The Hall–Kier alpha value is -1.97. The van der Waals surface area contributed by atoms with E-state index in [1.165, 1.54) is 0 Å². The second-order valence-electron chi connectivity index (χ2n) is 5.48. The SMILES string of the molecule is Cc1nc(N)c(C#N)cc1N=CCC[C@H]1COC(C)(C)O1. The standard InChI is InChI=1S/C15H20N4O2/c1-10-13(7-11(8-16)14(17)19-10)18-6-4-5-12-9-20-15(2,3)21-12/h6-7,12H,4-5,9H2,1-3H3,(H2,17,19)/t12-/m0/s1. The summed E-state index contributed by atoms with van der Waals surface area (Å²) >= 11 is 0. The summed E-state index contributed by atoms with van der Waals surface area (Å²) in [5, 5.41) is 8.95. The minimum Gasteiger partial charge on any atom is -0.383 e. The highest BCUT2D eigenvalue weighted by Crippen LogP contribution is 2.25. The van der Waals surface area contributed by atoms with Crippen LogP contribution in [0.4, 0.5) is 11.5 Å². The highest BCUT2D eigenvalue weighted by molar-refractivity contribution is 5.66. The number of pyridine rings is 1. The molecule has 1 atom stereocenters. The fourth-order valence-electron chi connectivity index (χ4n) is 2.16. The highest BCUT2D eigenvalue weighted by Gasteiger charge is 2.31. The van der Waals surface area contributed by atoms with Crippen LogP contribution in [-0.2, 0) is 9.47 Å². The number of rotatable bonds is 4. The van der Waals surface area contributed by atoms with Crippen molar-refractivity contribution in [2.24, 2.45) is 4.99 Å². The summed E-state index contributed by atoms with van der Waals surface area (Å²) in [6, 6.07) is 3.67. The van der Waals surface area contributed by atoms with Crippen molar-refractivity contribution in [3.05, 3.63) is 17.3 Å². The number of hydrogen-bond donors (Lipinski definition) is 1. The third-order valence-electron chi connectivity index (χ3n) is 3.25. The van der Waals surface area contributed by atoms with Crippen molar-refractivity contribution in [1.82, 2.24) is 4.98 Å². The molecule has 1 aromatic rings. The van der Waals surface area contributed by atoms with Crippen LogP contribution in [0.15, 0.2) is 11.1 Å². The van der Waals surface area contributed by atoms with Gasteiger partial charge >= 0.3 is 0 Å². The van der Waals surface area contributed by atoms with Crippen LogP contribution >= 0.6 is 0 Å². The fourth-order valence-corrected chi connectivity index (χ4v) is 2.16. The number of nitrogen functional groups attached to an aromatic ring is 1. The van der Waals surface area contributed by atoms with Gasteiger partial charge in [0.05, 0.1) is 29.7 Å². The van der Waals surface area contributed by atoms with Gasteiger partial charge < -0.3 is 15.2 Å². The lowest BCUT2D eigenvalue weighted by Crippen LogP contribution is -2.21. The van der Waals surface area contributed by atoms with Gasteiger partial charge in [0, 0.05) is 6.21 Å². The third-order valence-corrected chi connectivity index (χ3v) is 3.25. The maximum absolute atomic E-state index is 8.95. The van der Waals surface area contributed by atoms with Crippen molar-refractivity contribution in [3.63, 3.8) is 0 Å². The first-order valence-corrected chi connectivity index (χ1v) is 6.93. The van der Waals surface area contributed by atoms with E-state index in [-0.39, 0.29) is 11.9 Å². The molecule has 0 aromatic carbocycles.